The number of esters is 3. The second kappa shape index (κ2) is 40.3. The third kappa shape index (κ3) is 24.4. The van der Waals surface area contributed by atoms with Gasteiger partial charge in [0.2, 0.25) is 35.4 Å². The first-order valence-corrected chi connectivity index (χ1v) is 40.5. The molecule has 0 saturated carbocycles. The van der Waals surface area contributed by atoms with Crippen LogP contribution < -0.4 is 31.1 Å². The summed E-state index contributed by atoms with van der Waals surface area (Å²) in [6, 6.07) is 14.0. The number of amides is 8. The Morgan fingerprint density at radius 2 is 0.835 bits per heavy atom. The van der Waals surface area contributed by atoms with Crippen molar-refractivity contribution in [1.82, 2.24) is 40.9 Å². The van der Waals surface area contributed by atoms with E-state index in [1.54, 1.807) is 106 Å². The van der Waals surface area contributed by atoms with E-state index >= 15 is 24.0 Å². The third-order valence-electron chi connectivity index (χ3n) is 24.5. The first kappa shape index (κ1) is 96.7. The van der Waals surface area contributed by atoms with Gasteiger partial charge in [0.15, 0.2) is 0 Å². The van der Waals surface area contributed by atoms with Crippen molar-refractivity contribution in [3.63, 3.8) is 0 Å². The molecule has 642 valence electrons. The molecule has 12 unspecified atom stereocenters. The average Bonchev–Trinajstić information content (AvgIpc) is 1.59. The molecular weight excluding hydrogens is 1480 g/mol. The van der Waals surface area contributed by atoms with E-state index in [-0.39, 0.29) is 83.9 Å². The number of hydrogen-bond donors (Lipinski definition) is 7. The molecule has 0 bridgehead atoms. The number of benzene rings is 2. The highest BCUT2D eigenvalue weighted by atomic mass is 16.6. The number of anilines is 2. The summed E-state index contributed by atoms with van der Waals surface area (Å²) >= 11 is 0. The van der Waals surface area contributed by atoms with E-state index in [1.165, 1.54) is 27.7 Å². The van der Waals surface area contributed by atoms with Crippen molar-refractivity contribution in [3.8, 4) is 0 Å². The molecule has 7 N–H and O–H groups in total. The monoisotopic (exact) mass is 1610 g/mol. The van der Waals surface area contributed by atoms with Crippen LogP contribution in [0.3, 0.4) is 0 Å². The highest BCUT2D eigenvalue weighted by Gasteiger charge is 2.63. The number of aliphatic carboxylic acids is 3. The fourth-order valence-corrected chi connectivity index (χ4v) is 18.3. The van der Waals surface area contributed by atoms with Gasteiger partial charge in [-0.05, 0) is 187 Å². The molecule has 29 heteroatoms. The minimum absolute atomic E-state index is 0.0161. The molecule has 0 radical (unpaired) electrons. The zero-order valence-electron chi connectivity index (χ0n) is 72.5. The molecule has 12 atom stereocenters. The number of imide groups is 2. The zero-order valence-corrected chi connectivity index (χ0v) is 72.5. The minimum Gasteiger partial charge on any atom is -0.481 e. The Morgan fingerprint density at radius 1 is 0.452 bits per heavy atom. The van der Waals surface area contributed by atoms with Gasteiger partial charge in [-0.1, -0.05) is 103 Å². The standard InChI is InChI=1S/C86H134N10O19/c1-24-81(4,5)62(69(99)89-39-26-38-87-67(97)52-30-34-54(35-31-52)93(20)21)58(75(105)106)48-85(12,13)65-57(71(101)95(73(65)103)44-28-41-88-68(98)53-32-36-55(37-33-53)94(22)23)47-84(10,11)64-56(72(102)96(74(64)104)45-29-43-92(18)19)46-83(8,9)63(70(100)90-40-27-42-91(16)17)59(76(107)108)49-86(14,15)66(79(112)114-25-2)60(77(109)110)50-82(6,7)61-51(3)78(111)115-80(61)113/h30-37,51,56-66H,24-29,38-50H2,1-23H3,(H,87,97)(H,88,98)(H,89,99)(H,90,100)(H,105,106)(H,107,108)(H,109,110). The number of carbonyl (C=O) groups excluding carboxylic acids is 11. The summed E-state index contributed by atoms with van der Waals surface area (Å²) in [5.74, 6) is -28.5. The smallest absolute Gasteiger partial charge is 0.318 e. The number of hydrogen-bond acceptors (Lipinski definition) is 20. The summed E-state index contributed by atoms with van der Waals surface area (Å²) in [7, 11) is 14.8. The Kier molecular flexibility index (Phi) is 33.9. The number of likely N-dealkylation sites (tertiary alicyclic amines) is 2. The Morgan fingerprint density at radius 3 is 1.25 bits per heavy atom. The van der Waals surface area contributed by atoms with Gasteiger partial charge in [-0.3, -0.25) is 76.9 Å². The van der Waals surface area contributed by atoms with Crippen molar-refractivity contribution in [3.05, 3.63) is 59.7 Å². The second-order valence-corrected chi connectivity index (χ2v) is 37.2. The Hall–Kier alpha value is -8.86. The molecule has 3 saturated heterocycles. The predicted molar refractivity (Wildman–Crippen MR) is 435 cm³/mol. The molecule has 115 heavy (non-hydrogen) atoms. The third-order valence-corrected chi connectivity index (χ3v) is 24.5. The van der Waals surface area contributed by atoms with E-state index in [0.717, 1.165) is 21.2 Å². The van der Waals surface area contributed by atoms with Crippen LogP contribution in [0.15, 0.2) is 48.5 Å². The molecule has 5 rings (SSSR count). The molecule has 2 aromatic carbocycles. The molecule has 0 aliphatic carbocycles. The SMILES string of the molecule is CCOC(=O)C(C(CC(C)(C)C1C(=O)OC(=O)C1C)C(=O)O)C(C)(C)CC(C(=O)O)C(C(=O)NCCCN(C)C)C(C)(C)CC1C(=O)N(CCCN(C)C)C(=O)C1C(C)(C)CC1C(=O)N(CCCNC(=O)c2ccc(N(C)C)cc2)C(=O)C1C(C)(C)CC(C(=O)O)C(C(=O)NCCCNC(=O)c1ccc(N(C)C)cc1)C(C)(C)CC. The van der Waals surface area contributed by atoms with Gasteiger partial charge in [0.05, 0.1) is 77.6 Å². The fourth-order valence-electron chi connectivity index (χ4n) is 18.3. The normalized spacial score (nSPS) is 20.0. The van der Waals surface area contributed by atoms with Crippen LogP contribution in [-0.2, 0) is 67.0 Å². The van der Waals surface area contributed by atoms with Gasteiger partial charge in [-0.25, -0.2) is 0 Å². The van der Waals surface area contributed by atoms with Crippen LogP contribution in [0.1, 0.15) is 189 Å². The zero-order chi connectivity index (χ0) is 87.1. The van der Waals surface area contributed by atoms with Gasteiger partial charge < -0.3 is 65.7 Å². The molecule has 0 spiro atoms. The van der Waals surface area contributed by atoms with Crippen LogP contribution in [0.5, 0.6) is 0 Å². The number of nitrogens with zero attached hydrogens (tertiary/aromatic N) is 6. The number of carboxylic acids is 3. The maximum atomic E-state index is 15.9. The Bertz CT molecular complexity index is 3810. The van der Waals surface area contributed by atoms with Crippen molar-refractivity contribution in [2.45, 2.75) is 168 Å². The number of ether oxygens (including phenoxy) is 2. The van der Waals surface area contributed by atoms with Crippen LogP contribution in [0.2, 0.25) is 0 Å². The largest absolute Gasteiger partial charge is 0.481 e. The molecule has 2 aromatic rings. The molecule has 3 aliphatic heterocycles. The topological polar surface area (TPSA) is 386 Å². The van der Waals surface area contributed by atoms with Crippen molar-refractivity contribution < 1.29 is 91.9 Å². The fraction of sp³-hybridized carbons (Fsp3) is 0.698. The van der Waals surface area contributed by atoms with E-state index in [1.807, 2.05) is 95.0 Å². The van der Waals surface area contributed by atoms with Gasteiger partial charge >= 0.3 is 35.8 Å². The molecular formula is C86H134N10O19. The van der Waals surface area contributed by atoms with Gasteiger partial charge in [-0.15, -0.1) is 0 Å². The lowest BCUT2D eigenvalue weighted by Crippen LogP contribution is -2.51. The number of rotatable bonds is 47. The molecule has 3 fully saturated rings. The van der Waals surface area contributed by atoms with Gasteiger partial charge in [-0.2, -0.15) is 0 Å². The van der Waals surface area contributed by atoms with Crippen molar-refractivity contribution in [2.24, 2.45) is 104 Å². The molecule has 8 amide bonds. The number of carboxylic acid groups (broad SMARTS) is 3. The minimum atomic E-state index is -1.77. The summed E-state index contributed by atoms with van der Waals surface area (Å²) in [6.07, 6.45) is -0.469. The maximum absolute atomic E-state index is 15.9. The van der Waals surface area contributed by atoms with Crippen molar-refractivity contribution in [2.75, 3.05) is 125 Å². The number of cyclic esters (lactones) is 2. The van der Waals surface area contributed by atoms with E-state index in [0.29, 0.717) is 43.5 Å². The first-order valence-electron chi connectivity index (χ1n) is 40.5. The lowest BCUT2D eigenvalue weighted by Gasteiger charge is -2.45. The summed E-state index contributed by atoms with van der Waals surface area (Å²) in [5, 5.41) is 46.1. The van der Waals surface area contributed by atoms with Crippen LogP contribution in [0.25, 0.3) is 0 Å². The number of nitrogens with one attached hydrogen (secondary N) is 4. The highest BCUT2D eigenvalue weighted by molar-refractivity contribution is 6.07. The van der Waals surface area contributed by atoms with Crippen LogP contribution in [-0.4, -0.2) is 233 Å². The lowest BCUT2D eigenvalue weighted by molar-refractivity contribution is -0.168. The van der Waals surface area contributed by atoms with E-state index < -0.39 is 194 Å². The summed E-state index contributed by atoms with van der Waals surface area (Å²) in [6.45, 7) is 25.3. The van der Waals surface area contributed by atoms with Crippen molar-refractivity contribution in [1.29, 1.82) is 0 Å². The van der Waals surface area contributed by atoms with Gasteiger partial charge in [0.25, 0.3) is 11.8 Å². The summed E-state index contributed by atoms with van der Waals surface area (Å²) < 4.78 is 10.6. The molecule has 0 aromatic heterocycles. The highest BCUT2D eigenvalue weighted by Crippen LogP contribution is 2.57. The average molecular weight is 1610 g/mol. The Balaban J connectivity index is 1.64. The predicted octanol–water partition coefficient (Wildman–Crippen LogP) is 8.46. The Labute approximate surface area is 680 Å². The van der Waals surface area contributed by atoms with E-state index in [9.17, 15) is 58.5 Å². The first-order chi connectivity index (χ1) is 53.2. The molecule has 3 aliphatic rings. The van der Waals surface area contributed by atoms with Crippen molar-refractivity contribution >= 4 is 94.4 Å². The summed E-state index contributed by atoms with van der Waals surface area (Å²) in [4.78, 5) is 213. The van der Waals surface area contributed by atoms with Crippen LogP contribution in [0.4, 0.5) is 11.4 Å². The maximum Gasteiger partial charge on any atom is 0.318 e. The molecule has 3 heterocycles. The van der Waals surface area contributed by atoms with Crippen LogP contribution >= 0.6 is 0 Å². The molecule has 29 nitrogen and oxygen atoms in total. The van der Waals surface area contributed by atoms with E-state index in [4.69, 9.17) is 9.47 Å². The van der Waals surface area contributed by atoms with Gasteiger partial charge in [0, 0.05) is 90.0 Å². The van der Waals surface area contributed by atoms with Crippen LogP contribution in [0, 0.1) is 104 Å². The van der Waals surface area contributed by atoms with Gasteiger partial charge in [0.1, 0.15) is 0 Å². The lowest BCUT2D eigenvalue weighted by atomic mass is 9.57. The quantitative estimate of drug-likeness (QED) is 0.0141. The number of carbonyl (C=O) groups is 14. The summed E-state index contributed by atoms with van der Waals surface area (Å²) in [5.41, 5.74) is -5.93. The van der Waals surface area contributed by atoms with E-state index in [2.05, 4.69) is 21.3 Å². The second-order valence-electron chi connectivity index (χ2n) is 37.2.